The van der Waals surface area contributed by atoms with Crippen LogP contribution in [0.4, 0.5) is 10.5 Å². The molecule has 8 heteroatoms. The van der Waals surface area contributed by atoms with Gasteiger partial charge in [-0.25, -0.2) is 4.79 Å². The zero-order chi connectivity index (χ0) is 30.6. The number of benzene rings is 2. The lowest BCUT2D eigenvalue weighted by Gasteiger charge is -2.35. The fourth-order valence-electron chi connectivity index (χ4n) is 4.70. The average Bonchev–Trinajstić information content (AvgIpc) is 2.90. The van der Waals surface area contributed by atoms with Crippen molar-refractivity contribution in [1.82, 2.24) is 10.2 Å². The summed E-state index contributed by atoms with van der Waals surface area (Å²) in [4.78, 5) is 42.6. The molecule has 2 rings (SSSR count). The van der Waals surface area contributed by atoms with Crippen LogP contribution in [0.1, 0.15) is 94.5 Å². The maximum absolute atomic E-state index is 14.2. The maximum atomic E-state index is 14.2. The Morgan fingerprint density at radius 2 is 1.54 bits per heavy atom. The molecule has 2 aromatic carbocycles. The predicted molar refractivity (Wildman–Crippen MR) is 171 cm³/mol. The van der Waals surface area contributed by atoms with E-state index in [1.807, 2.05) is 63.2 Å². The van der Waals surface area contributed by atoms with Gasteiger partial charge in [-0.2, -0.15) is 12.6 Å². The highest BCUT2D eigenvalue weighted by Crippen LogP contribution is 2.30. The number of thiol groups is 1. The summed E-state index contributed by atoms with van der Waals surface area (Å²) in [6.45, 7) is 13.7. The number of aryl methyl sites for hydroxylation is 2. The van der Waals surface area contributed by atoms with Crippen molar-refractivity contribution in [3.8, 4) is 0 Å². The van der Waals surface area contributed by atoms with Crippen molar-refractivity contribution >= 4 is 36.2 Å². The summed E-state index contributed by atoms with van der Waals surface area (Å²) in [5, 5.41) is 5.77. The molecule has 0 saturated carbocycles. The SMILES string of the molecule is CCCCCCCCN(C(=O)C(CS)NC(=O)OC(C)(C)C)C(C(=O)Nc1ccccc1C)c1cccc(C)c1C. The topological polar surface area (TPSA) is 87.7 Å². The number of para-hydroxylation sites is 1. The highest BCUT2D eigenvalue weighted by atomic mass is 32.1. The van der Waals surface area contributed by atoms with Crippen LogP contribution in [-0.4, -0.2) is 46.7 Å². The molecule has 0 aliphatic rings. The van der Waals surface area contributed by atoms with Crippen LogP contribution in [0.5, 0.6) is 0 Å². The normalized spacial score (nSPS) is 12.8. The third-order valence-electron chi connectivity index (χ3n) is 7.11. The maximum Gasteiger partial charge on any atom is 0.408 e. The molecule has 41 heavy (non-hydrogen) atoms. The van der Waals surface area contributed by atoms with Gasteiger partial charge >= 0.3 is 6.09 Å². The third-order valence-corrected chi connectivity index (χ3v) is 7.48. The first kappa shape index (κ1) is 34.2. The number of alkyl carbamates (subject to hydrolysis) is 1. The van der Waals surface area contributed by atoms with Crippen molar-refractivity contribution < 1.29 is 19.1 Å². The summed E-state index contributed by atoms with van der Waals surface area (Å²) in [6, 6.07) is 11.5. The average molecular weight is 584 g/mol. The first-order valence-corrected chi connectivity index (χ1v) is 15.4. The molecule has 0 saturated heterocycles. The molecule has 0 aliphatic heterocycles. The predicted octanol–water partition coefficient (Wildman–Crippen LogP) is 7.30. The van der Waals surface area contributed by atoms with Crippen LogP contribution >= 0.6 is 12.6 Å². The Kier molecular flexibility index (Phi) is 13.7. The van der Waals surface area contributed by atoms with Gasteiger partial charge in [0.15, 0.2) is 0 Å². The van der Waals surface area contributed by atoms with Crippen LogP contribution < -0.4 is 10.6 Å². The minimum absolute atomic E-state index is 0.0595. The van der Waals surface area contributed by atoms with E-state index in [2.05, 4.69) is 30.2 Å². The van der Waals surface area contributed by atoms with Crippen LogP contribution in [0.15, 0.2) is 42.5 Å². The molecule has 2 unspecified atom stereocenters. The summed E-state index contributed by atoms with van der Waals surface area (Å²) < 4.78 is 5.42. The van der Waals surface area contributed by atoms with E-state index in [0.717, 1.165) is 54.4 Å². The van der Waals surface area contributed by atoms with Gasteiger partial charge in [0.2, 0.25) is 5.91 Å². The van der Waals surface area contributed by atoms with Crippen molar-refractivity contribution in [2.24, 2.45) is 0 Å². The van der Waals surface area contributed by atoms with E-state index in [1.54, 1.807) is 25.7 Å². The molecule has 3 amide bonds. The number of hydrogen-bond donors (Lipinski definition) is 3. The standard InChI is InChI=1S/C33H49N3O4S/c1-8-9-10-11-12-15-21-36(31(38)28(22-41)35-32(39)40-33(5,6)7)29(26-19-16-18-23(2)25(26)4)30(37)34-27-20-14-13-17-24(27)3/h13-14,16-20,28-29,41H,8-12,15,21-22H2,1-7H3,(H,34,37)(H,35,39). The number of amides is 3. The number of nitrogens with one attached hydrogen (secondary N) is 2. The summed E-state index contributed by atoms with van der Waals surface area (Å²) in [6.07, 6.45) is 5.50. The van der Waals surface area contributed by atoms with Gasteiger partial charge < -0.3 is 20.3 Å². The minimum atomic E-state index is -0.966. The molecule has 0 spiro atoms. The molecular weight excluding hydrogens is 534 g/mol. The summed E-state index contributed by atoms with van der Waals surface area (Å²) in [7, 11) is 0. The lowest BCUT2D eigenvalue weighted by Crippen LogP contribution is -2.53. The number of carbonyl (C=O) groups excluding carboxylic acids is 3. The van der Waals surface area contributed by atoms with E-state index in [-0.39, 0.29) is 17.6 Å². The molecule has 0 aliphatic carbocycles. The molecule has 0 aromatic heterocycles. The van der Waals surface area contributed by atoms with Crippen molar-refractivity contribution in [3.63, 3.8) is 0 Å². The molecule has 7 nitrogen and oxygen atoms in total. The largest absolute Gasteiger partial charge is 0.444 e. The fraction of sp³-hybridized carbons (Fsp3) is 0.545. The molecule has 226 valence electrons. The number of anilines is 1. The van der Waals surface area contributed by atoms with Gasteiger partial charge in [-0.1, -0.05) is 75.4 Å². The van der Waals surface area contributed by atoms with Crippen LogP contribution in [0.2, 0.25) is 0 Å². The van der Waals surface area contributed by atoms with Gasteiger partial charge in [0.05, 0.1) is 0 Å². The first-order chi connectivity index (χ1) is 19.4. The first-order valence-electron chi connectivity index (χ1n) is 14.7. The molecule has 2 atom stereocenters. The Morgan fingerprint density at radius 3 is 2.17 bits per heavy atom. The zero-order valence-corrected chi connectivity index (χ0v) is 26.8. The monoisotopic (exact) mass is 583 g/mol. The summed E-state index contributed by atoms with van der Waals surface area (Å²) in [5.74, 6) is -0.614. The minimum Gasteiger partial charge on any atom is -0.444 e. The number of hydrogen-bond acceptors (Lipinski definition) is 5. The Balaban J connectivity index is 2.51. The van der Waals surface area contributed by atoms with Gasteiger partial charge in [0.1, 0.15) is 17.7 Å². The van der Waals surface area contributed by atoms with Gasteiger partial charge in [-0.15, -0.1) is 0 Å². The van der Waals surface area contributed by atoms with Crippen LogP contribution in [0, 0.1) is 20.8 Å². The fourth-order valence-corrected chi connectivity index (χ4v) is 4.95. The van der Waals surface area contributed by atoms with Crippen molar-refractivity contribution in [1.29, 1.82) is 0 Å². The number of unbranched alkanes of at least 4 members (excludes halogenated alkanes) is 5. The second kappa shape index (κ2) is 16.4. The Bertz CT molecular complexity index is 1160. The Hall–Kier alpha value is -3.00. The van der Waals surface area contributed by atoms with Crippen LogP contribution in [0.3, 0.4) is 0 Å². The molecule has 0 bridgehead atoms. The lowest BCUT2D eigenvalue weighted by molar-refractivity contribution is -0.140. The van der Waals surface area contributed by atoms with E-state index in [1.165, 1.54) is 6.42 Å². The van der Waals surface area contributed by atoms with E-state index in [9.17, 15) is 14.4 Å². The molecule has 2 N–H and O–H groups in total. The number of nitrogens with zero attached hydrogens (tertiary/aromatic N) is 1. The van der Waals surface area contributed by atoms with E-state index in [4.69, 9.17) is 4.74 Å². The van der Waals surface area contributed by atoms with Crippen LogP contribution in [0.25, 0.3) is 0 Å². The summed E-state index contributed by atoms with van der Waals surface area (Å²) in [5.41, 5.74) is 3.62. The number of ether oxygens (including phenoxy) is 1. The van der Waals surface area contributed by atoms with E-state index < -0.39 is 23.8 Å². The van der Waals surface area contributed by atoms with Gasteiger partial charge in [0.25, 0.3) is 5.91 Å². The molecular formula is C33H49N3O4S. The van der Waals surface area contributed by atoms with Gasteiger partial charge in [-0.3, -0.25) is 9.59 Å². The highest BCUT2D eigenvalue weighted by Gasteiger charge is 2.36. The van der Waals surface area contributed by atoms with E-state index in [0.29, 0.717) is 12.2 Å². The molecule has 0 radical (unpaired) electrons. The molecule has 0 fully saturated rings. The lowest BCUT2D eigenvalue weighted by atomic mass is 9.94. The van der Waals surface area contributed by atoms with E-state index >= 15 is 0 Å². The Labute approximate surface area is 252 Å². The highest BCUT2D eigenvalue weighted by molar-refractivity contribution is 7.80. The third kappa shape index (κ3) is 10.7. The smallest absolute Gasteiger partial charge is 0.408 e. The van der Waals surface area contributed by atoms with Gasteiger partial charge in [-0.05, 0) is 76.3 Å². The number of carbonyl (C=O) groups is 3. The molecule has 0 heterocycles. The van der Waals surface area contributed by atoms with Gasteiger partial charge in [0, 0.05) is 18.0 Å². The molecule has 2 aromatic rings. The Morgan fingerprint density at radius 1 is 0.902 bits per heavy atom. The second-order valence-corrected chi connectivity index (χ2v) is 12.0. The van der Waals surface area contributed by atoms with Crippen molar-refractivity contribution in [3.05, 3.63) is 64.7 Å². The second-order valence-electron chi connectivity index (χ2n) is 11.7. The number of rotatable bonds is 14. The van der Waals surface area contributed by atoms with Crippen LogP contribution in [-0.2, 0) is 14.3 Å². The quantitative estimate of drug-likeness (QED) is 0.161. The zero-order valence-electron chi connectivity index (χ0n) is 25.9. The van der Waals surface area contributed by atoms with Crippen molar-refractivity contribution in [2.45, 2.75) is 105 Å². The summed E-state index contributed by atoms with van der Waals surface area (Å²) >= 11 is 4.40. The van der Waals surface area contributed by atoms with Crippen molar-refractivity contribution in [2.75, 3.05) is 17.6 Å².